The molecule has 5 nitrogen and oxygen atoms in total. The molecule has 0 spiro atoms. The Morgan fingerprint density at radius 3 is 2.76 bits per heavy atom. The molecular weight excluding hydrogens is 264 g/mol. The fourth-order valence-corrected chi connectivity index (χ4v) is 3.09. The molecule has 0 aliphatic carbocycles. The van der Waals surface area contributed by atoms with E-state index in [1.54, 1.807) is 16.8 Å². The summed E-state index contributed by atoms with van der Waals surface area (Å²) in [4.78, 5) is 25.5. The third-order valence-corrected chi connectivity index (χ3v) is 3.95. The smallest absolute Gasteiger partial charge is 0.266 e. The quantitative estimate of drug-likeness (QED) is 0.406. The number of hydrogen-bond donors (Lipinski definition) is 0. The van der Waals surface area contributed by atoms with E-state index in [1.165, 1.54) is 6.33 Å². The molecule has 0 N–H and O–H groups in total. The Bertz CT molecular complexity index is 1210. The number of rotatable bonds is 0. The van der Waals surface area contributed by atoms with Gasteiger partial charge in [-0.25, -0.2) is 9.97 Å². The number of aromatic nitrogens is 4. The van der Waals surface area contributed by atoms with Crippen LogP contribution in [0, 0.1) is 0 Å². The maximum absolute atomic E-state index is 12.8. The Morgan fingerprint density at radius 1 is 0.905 bits per heavy atom. The van der Waals surface area contributed by atoms with E-state index in [9.17, 15) is 4.79 Å². The average molecular weight is 272 g/mol. The van der Waals surface area contributed by atoms with E-state index in [1.807, 2.05) is 30.3 Å². The van der Waals surface area contributed by atoms with E-state index in [0.717, 1.165) is 27.3 Å². The summed E-state index contributed by atoms with van der Waals surface area (Å²) in [6.07, 6.45) is 4.77. The molecule has 0 aliphatic heterocycles. The van der Waals surface area contributed by atoms with Crippen molar-refractivity contribution in [3.63, 3.8) is 0 Å². The van der Waals surface area contributed by atoms with E-state index in [2.05, 4.69) is 15.0 Å². The molecule has 5 aromatic rings. The molecule has 0 aliphatic rings. The van der Waals surface area contributed by atoms with Crippen LogP contribution >= 0.6 is 0 Å². The number of benzene rings is 1. The molecule has 5 rings (SSSR count). The van der Waals surface area contributed by atoms with Gasteiger partial charge >= 0.3 is 0 Å². The van der Waals surface area contributed by atoms with E-state index in [-0.39, 0.29) is 5.56 Å². The van der Waals surface area contributed by atoms with Gasteiger partial charge in [0.05, 0.1) is 16.4 Å². The summed E-state index contributed by atoms with van der Waals surface area (Å²) in [6.45, 7) is 0. The molecule has 21 heavy (non-hydrogen) atoms. The predicted molar refractivity (Wildman–Crippen MR) is 80.8 cm³/mol. The monoisotopic (exact) mass is 272 g/mol. The first-order chi connectivity index (χ1) is 10.4. The highest BCUT2D eigenvalue weighted by atomic mass is 16.1. The summed E-state index contributed by atoms with van der Waals surface area (Å²) in [7, 11) is 0. The van der Waals surface area contributed by atoms with Crippen molar-refractivity contribution in [3.05, 3.63) is 59.4 Å². The first-order valence-corrected chi connectivity index (χ1v) is 6.59. The molecule has 5 heteroatoms. The van der Waals surface area contributed by atoms with E-state index in [0.29, 0.717) is 10.9 Å². The van der Waals surface area contributed by atoms with Gasteiger partial charge in [0, 0.05) is 23.2 Å². The Labute approximate surface area is 117 Å². The first-order valence-electron chi connectivity index (χ1n) is 6.59. The largest absolute Gasteiger partial charge is 0.273 e. The van der Waals surface area contributed by atoms with Crippen LogP contribution in [0.5, 0.6) is 0 Å². The zero-order valence-electron chi connectivity index (χ0n) is 10.8. The van der Waals surface area contributed by atoms with Crippen molar-refractivity contribution in [3.8, 4) is 0 Å². The fraction of sp³-hybridized carbons (Fsp3) is 0. The summed E-state index contributed by atoms with van der Waals surface area (Å²) >= 11 is 0. The van der Waals surface area contributed by atoms with Crippen molar-refractivity contribution < 1.29 is 0 Å². The van der Waals surface area contributed by atoms with Gasteiger partial charge in [0.15, 0.2) is 0 Å². The molecule has 1 aromatic carbocycles. The van der Waals surface area contributed by atoms with Gasteiger partial charge in [-0.2, -0.15) is 0 Å². The van der Waals surface area contributed by atoms with Crippen molar-refractivity contribution in [1.82, 2.24) is 19.4 Å². The number of fused-ring (bicyclic) bond motifs is 5. The van der Waals surface area contributed by atoms with Crippen LogP contribution in [0.1, 0.15) is 0 Å². The Balaban J connectivity index is 2.33. The van der Waals surface area contributed by atoms with Crippen LogP contribution in [0.25, 0.3) is 38.2 Å². The van der Waals surface area contributed by atoms with Crippen LogP contribution in [-0.2, 0) is 0 Å². The second-order valence-electron chi connectivity index (χ2n) is 5.00. The Kier molecular flexibility index (Phi) is 1.79. The van der Waals surface area contributed by atoms with E-state index >= 15 is 0 Å². The maximum atomic E-state index is 12.8. The molecule has 4 aromatic heterocycles. The van der Waals surface area contributed by atoms with Crippen LogP contribution in [0.15, 0.2) is 53.8 Å². The van der Waals surface area contributed by atoms with Crippen molar-refractivity contribution in [2.24, 2.45) is 0 Å². The maximum Gasteiger partial charge on any atom is 0.266 e. The van der Waals surface area contributed by atoms with Crippen molar-refractivity contribution in [2.45, 2.75) is 0 Å². The Hall–Kier alpha value is -3.08. The standard InChI is InChI=1S/C16H8N4O/c21-16-11-7-17-8-19-13(11)14-15-10(5-6-18-14)9-3-1-2-4-12(9)20(15)16/h1-8H. The lowest BCUT2D eigenvalue weighted by Crippen LogP contribution is -2.14. The average Bonchev–Trinajstić information content (AvgIpc) is 2.89. The zero-order valence-corrected chi connectivity index (χ0v) is 10.8. The van der Waals surface area contributed by atoms with E-state index in [4.69, 9.17) is 0 Å². The van der Waals surface area contributed by atoms with Gasteiger partial charge in [-0.1, -0.05) is 18.2 Å². The molecule has 4 heterocycles. The topological polar surface area (TPSA) is 60.2 Å². The van der Waals surface area contributed by atoms with Crippen LogP contribution in [-0.4, -0.2) is 19.4 Å². The van der Waals surface area contributed by atoms with Crippen LogP contribution in [0.3, 0.4) is 0 Å². The molecular formula is C16H8N4O. The zero-order chi connectivity index (χ0) is 14.0. The molecule has 0 amide bonds. The third kappa shape index (κ3) is 1.16. The highest BCUT2D eigenvalue weighted by Gasteiger charge is 2.17. The van der Waals surface area contributed by atoms with Crippen molar-refractivity contribution in [2.75, 3.05) is 0 Å². The highest BCUT2D eigenvalue weighted by Crippen LogP contribution is 2.31. The summed E-state index contributed by atoms with van der Waals surface area (Å²) in [5.41, 5.74) is 2.96. The second-order valence-corrected chi connectivity index (χ2v) is 5.00. The van der Waals surface area contributed by atoms with Crippen LogP contribution in [0.2, 0.25) is 0 Å². The normalized spacial score (nSPS) is 12.0. The SMILES string of the molecule is O=c1c2cncnc2c2nccc3c4ccccc4n1c32. The lowest BCUT2D eigenvalue weighted by Gasteiger charge is -2.03. The number of hydrogen-bond acceptors (Lipinski definition) is 4. The molecule has 0 radical (unpaired) electrons. The Morgan fingerprint density at radius 2 is 1.81 bits per heavy atom. The molecule has 0 saturated carbocycles. The first kappa shape index (κ1) is 10.7. The number of pyridine rings is 2. The molecule has 0 atom stereocenters. The van der Waals surface area contributed by atoms with E-state index < -0.39 is 0 Å². The predicted octanol–water partition coefficient (Wildman–Crippen LogP) is 2.38. The van der Waals surface area contributed by atoms with Gasteiger partial charge in [0.2, 0.25) is 0 Å². The van der Waals surface area contributed by atoms with Crippen molar-refractivity contribution >= 4 is 38.2 Å². The van der Waals surface area contributed by atoms with Gasteiger partial charge < -0.3 is 0 Å². The molecule has 0 unspecified atom stereocenters. The summed E-state index contributed by atoms with van der Waals surface area (Å²) < 4.78 is 1.72. The summed E-state index contributed by atoms with van der Waals surface area (Å²) in [5, 5.41) is 2.56. The lowest BCUT2D eigenvalue weighted by atomic mass is 10.1. The molecule has 0 fully saturated rings. The van der Waals surface area contributed by atoms with Gasteiger partial charge in [0.1, 0.15) is 17.4 Å². The highest BCUT2D eigenvalue weighted by molar-refractivity contribution is 6.17. The van der Waals surface area contributed by atoms with Gasteiger partial charge in [0.25, 0.3) is 5.56 Å². The molecule has 0 saturated heterocycles. The van der Waals surface area contributed by atoms with Crippen LogP contribution in [0.4, 0.5) is 0 Å². The minimum Gasteiger partial charge on any atom is -0.273 e. The summed E-state index contributed by atoms with van der Waals surface area (Å²) in [5.74, 6) is 0. The summed E-state index contributed by atoms with van der Waals surface area (Å²) in [6, 6.07) is 9.82. The second kappa shape index (κ2) is 3.52. The minimum atomic E-state index is -0.0997. The third-order valence-electron chi connectivity index (χ3n) is 3.95. The number of nitrogens with zero attached hydrogens (tertiary/aromatic N) is 4. The lowest BCUT2D eigenvalue weighted by molar-refractivity contribution is 1.16. The van der Waals surface area contributed by atoms with Gasteiger partial charge in [-0.3, -0.25) is 14.2 Å². The van der Waals surface area contributed by atoms with Gasteiger partial charge in [-0.05, 0) is 12.1 Å². The molecule has 98 valence electrons. The van der Waals surface area contributed by atoms with Crippen LogP contribution < -0.4 is 5.56 Å². The van der Waals surface area contributed by atoms with Gasteiger partial charge in [-0.15, -0.1) is 0 Å². The number of para-hydroxylation sites is 1. The molecule has 0 bridgehead atoms. The minimum absolute atomic E-state index is 0.0997. The van der Waals surface area contributed by atoms with Crippen molar-refractivity contribution in [1.29, 1.82) is 0 Å². The fourth-order valence-electron chi connectivity index (χ4n) is 3.09.